The van der Waals surface area contributed by atoms with Crippen LogP contribution >= 0.6 is 17.0 Å². The molecule has 3 nitrogen and oxygen atoms in total. The van der Waals surface area contributed by atoms with Gasteiger partial charge in [0.2, 0.25) is 0 Å². The molecule has 0 heterocycles. The Balaban J connectivity index is 0.00000112. The molecule has 0 aliphatic heterocycles. The maximum Gasteiger partial charge on any atom is 0.160 e. The van der Waals surface area contributed by atoms with Crippen molar-refractivity contribution in [3.8, 4) is 11.5 Å². The maximum atomic E-state index is 9.67. The van der Waals surface area contributed by atoms with Crippen LogP contribution < -0.4 is 5.73 Å². The van der Waals surface area contributed by atoms with Gasteiger partial charge in [0.15, 0.2) is 11.5 Å². The number of benzene rings is 1. The molecule has 0 saturated heterocycles. The fourth-order valence-corrected chi connectivity index (χ4v) is 2.21. The molecule has 1 aliphatic rings. The summed E-state index contributed by atoms with van der Waals surface area (Å²) in [5.74, 6) is 0.354. The smallest absolute Gasteiger partial charge is 0.160 e. The van der Waals surface area contributed by atoms with Crippen molar-refractivity contribution in [3.63, 3.8) is 0 Å². The van der Waals surface area contributed by atoms with Gasteiger partial charge in [-0.15, -0.1) is 17.0 Å². The zero-order chi connectivity index (χ0) is 10.1. The molecular formula is C11H16BrNO2. The summed E-state index contributed by atoms with van der Waals surface area (Å²) in [6.45, 7) is 0.608. The van der Waals surface area contributed by atoms with Gasteiger partial charge >= 0.3 is 0 Å². The molecule has 15 heavy (non-hydrogen) atoms. The van der Waals surface area contributed by atoms with Crippen LogP contribution in [0.1, 0.15) is 29.9 Å². The number of phenols is 2. The summed E-state index contributed by atoms with van der Waals surface area (Å²) in [5, 5.41) is 19.0. The number of halogens is 1. The number of rotatable bonds is 1. The molecule has 0 spiro atoms. The van der Waals surface area contributed by atoms with Crippen molar-refractivity contribution in [3.05, 3.63) is 23.3 Å². The van der Waals surface area contributed by atoms with Gasteiger partial charge in [0, 0.05) is 5.56 Å². The zero-order valence-electron chi connectivity index (χ0n) is 8.44. The molecule has 84 valence electrons. The van der Waals surface area contributed by atoms with Gasteiger partial charge in [-0.05, 0) is 43.4 Å². The Kier molecular flexibility index (Phi) is 3.99. The van der Waals surface area contributed by atoms with Gasteiger partial charge in [-0.25, -0.2) is 0 Å². The van der Waals surface area contributed by atoms with E-state index < -0.39 is 0 Å². The predicted octanol–water partition coefficient (Wildman–Crippen LogP) is 2.05. The first-order valence-corrected chi connectivity index (χ1v) is 4.97. The fraction of sp³-hybridized carbons (Fsp3) is 0.455. The normalized spacial score (nSPS) is 19.1. The molecule has 0 bridgehead atoms. The molecule has 0 saturated carbocycles. The fourth-order valence-electron chi connectivity index (χ4n) is 2.21. The highest BCUT2D eigenvalue weighted by molar-refractivity contribution is 8.93. The van der Waals surface area contributed by atoms with E-state index in [1.165, 1.54) is 0 Å². The summed E-state index contributed by atoms with van der Waals surface area (Å²) in [4.78, 5) is 0. The molecule has 2 rings (SSSR count). The Labute approximate surface area is 99.7 Å². The van der Waals surface area contributed by atoms with Gasteiger partial charge < -0.3 is 15.9 Å². The molecule has 4 heteroatoms. The van der Waals surface area contributed by atoms with Crippen LogP contribution in [-0.4, -0.2) is 16.8 Å². The highest BCUT2D eigenvalue weighted by Crippen LogP contribution is 2.40. The number of fused-ring (bicyclic) bond motifs is 1. The third-order valence-corrected chi connectivity index (χ3v) is 3.00. The van der Waals surface area contributed by atoms with Crippen molar-refractivity contribution in [1.82, 2.24) is 0 Å². The van der Waals surface area contributed by atoms with Crippen molar-refractivity contribution >= 4 is 17.0 Å². The molecule has 0 aromatic heterocycles. The summed E-state index contributed by atoms with van der Waals surface area (Å²) in [5.41, 5.74) is 7.65. The van der Waals surface area contributed by atoms with Crippen LogP contribution in [0.2, 0.25) is 0 Å². The highest BCUT2D eigenvalue weighted by atomic mass is 79.9. The van der Waals surface area contributed by atoms with E-state index in [4.69, 9.17) is 5.73 Å². The van der Waals surface area contributed by atoms with Gasteiger partial charge in [0.1, 0.15) is 0 Å². The van der Waals surface area contributed by atoms with Crippen LogP contribution in [0.15, 0.2) is 12.1 Å². The third-order valence-electron chi connectivity index (χ3n) is 3.00. The van der Waals surface area contributed by atoms with E-state index in [2.05, 4.69) is 0 Å². The molecule has 0 fully saturated rings. The lowest BCUT2D eigenvalue weighted by Gasteiger charge is -2.25. The van der Waals surface area contributed by atoms with Crippen LogP contribution in [0, 0.1) is 0 Å². The zero-order valence-corrected chi connectivity index (χ0v) is 10.2. The summed E-state index contributed by atoms with van der Waals surface area (Å²) < 4.78 is 0. The molecule has 1 aromatic carbocycles. The first-order valence-electron chi connectivity index (χ1n) is 4.97. The Morgan fingerprint density at radius 2 is 2.07 bits per heavy atom. The van der Waals surface area contributed by atoms with Gasteiger partial charge in [-0.3, -0.25) is 0 Å². The molecule has 1 atom stereocenters. The molecule has 4 N–H and O–H groups in total. The number of hydrogen-bond donors (Lipinski definition) is 3. The second-order valence-corrected chi connectivity index (χ2v) is 3.83. The minimum absolute atomic E-state index is 0. The average molecular weight is 274 g/mol. The van der Waals surface area contributed by atoms with Crippen molar-refractivity contribution in [2.75, 3.05) is 6.54 Å². The second-order valence-electron chi connectivity index (χ2n) is 3.83. The van der Waals surface area contributed by atoms with E-state index >= 15 is 0 Å². The lowest BCUT2D eigenvalue weighted by Crippen LogP contribution is -2.18. The van der Waals surface area contributed by atoms with E-state index in [0.29, 0.717) is 12.5 Å². The molecule has 1 aliphatic carbocycles. The minimum Gasteiger partial charge on any atom is -0.504 e. The van der Waals surface area contributed by atoms with E-state index in [9.17, 15) is 10.2 Å². The van der Waals surface area contributed by atoms with Crippen LogP contribution in [0.25, 0.3) is 0 Å². The van der Waals surface area contributed by atoms with Crippen LogP contribution in [0.4, 0.5) is 0 Å². The van der Waals surface area contributed by atoms with Gasteiger partial charge in [0.25, 0.3) is 0 Å². The Morgan fingerprint density at radius 3 is 2.73 bits per heavy atom. The minimum atomic E-state index is -0.0265. The van der Waals surface area contributed by atoms with Crippen molar-refractivity contribution in [1.29, 1.82) is 0 Å². The van der Waals surface area contributed by atoms with E-state index in [1.807, 2.05) is 6.07 Å². The SMILES string of the molecule is Br.NCC1CCCc2c1ccc(O)c2O. The van der Waals surface area contributed by atoms with Crippen LogP contribution in [0.3, 0.4) is 0 Å². The second kappa shape index (κ2) is 4.86. The van der Waals surface area contributed by atoms with Crippen molar-refractivity contribution < 1.29 is 10.2 Å². The Bertz CT molecular complexity index is 355. The standard InChI is InChI=1S/C11H15NO2.BrH/c12-6-7-2-1-3-9-8(7)4-5-10(13)11(9)14;/h4-5,7,13-14H,1-3,6,12H2;1H. The Morgan fingerprint density at radius 1 is 1.33 bits per heavy atom. The highest BCUT2D eigenvalue weighted by Gasteiger charge is 2.22. The number of phenolic OH excluding ortho intramolecular Hbond substituents is 2. The average Bonchev–Trinajstić information content (AvgIpc) is 2.23. The van der Waals surface area contributed by atoms with Gasteiger partial charge in [-0.1, -0.05) is 6.07 Å². The van der Waals surface area contributed by atoms with Crippen molar-refractivity contribution in [2.24, 2.45) is 5.73 Å². The van der Waals surface area contributed by atoms with Crippen LogP contribution in [0.5, 0.6) is 11.5 Å². The van der Waals surface area contributed by atoms with Crippen molar-refractivity contribution in [2.45, 2.75) is 25.2 Å². The monoisotopic (exact) mass is 273 g/mol. The van der Waals surface area contributed by atoms with E-state index in [1.54, 1.807) is 6.07 Å². The van der Waals surface area contributed by atoms with Gasteiger partial charge in [-0.2, -0.15) is 0 Å². The summed E-state index contributed by atoms with van der Waals surface area (Å²) in [6, 6.07) is 3.42. The van der Waals surface area contributed by atoms with E-state index in [-0.39, 0.29) is 28.5 Å². The summed E-state index contributed by atoms with van der Waals surface area (Å²) in [6.07, 6.45) is 2.95. The van der Waals surface area contributed by atoms with Gasteiger partial charge in [0.05, 0.1) is 0 Å². The summed E-state index contributed by atoms with van der Waals surface area (Å²) >= 11 is 0. The lowest BCUT2D eigenvalue weighted by molar-refractivity contribution is 0.393. The number of hydrogen-bond acceptors (Lipinski definition) is 3. The quantitative estimate of drug-likeness (QED) is 0.687. The lowest BCUT2D eigenvalue weighted by atomic mass is 9.82. The third kappa shape index (κ3) is 2.11. The molecule has 0 radical (unpaired) electrons. The number of nitrogens with two attached hydrogens (primary N) is 1. The molecular weight excluding hydrogens is 258 g/mol. The molecule has 0 amide bonds. The maximum absolute atomic E-state index is 9.67. The number of aromatic hydroxyl groups is 2. The van der Waals surface area contributed by atoms with E-state index in [0.717, 1.165) is 30.4 Å². The molecule has 1 aromatic rings. The topological polar surface area (TPSA) is 66.5 Å². The summed E-state index contributed by atoms with van der Waals surface area (Å²) in [7, 11) is 0. The first kappa shape index (κ1) is 12.3. The molecule has 1 unspecified atom stereocenters. The first-order chi connectivity index (χ1) is 6.74. The Hall–Kier alpha value is -0.740. The largest absolute Gasteiger partial charge is 0.504 e. The van der Waals surface area contributed by atoms with Crippen LogP contribution in [-0.2, 0) is 6.42 Å². The predicted molar refractivity (Wildman–Crippen MR) is 64.8 cm³/mol.